The third-order valence-corrected chi connectivity index (χ3v) is 6.22. The minimum atomic E-state index is -1.99. The molecule has 0 bridgehead atoms. The highest BCUT2D eigenvalue weighted by molar-refractivity contribution is 7.76. The van der Waals surface area contributed by atoms with Crippen LogP contribution in [0.1, 0.15) is 25.3 Å². The Hall–Kier alpha value is -1.26. The van der Waals surface area contributed by atoms with E-state index in [4.69, 9.17) is 11.6 Å². The van der Waals surface area contributed by atoms with Crippen LogP contribution < -0.4 is 10.3 Å². The average molecular weight is 385 g/mol. The molecule has 2 N–H and O–H groups in total. The second-order valence-corrected chi connectivity index (χ2v) is 8.22. The Kier molecular flexibility index (Phi) is 4.24. The predicted octanol–water partition coefficient (Wildman–Crippen LogP) is 1.62. The second kappa shape index (κ2) is 6.17. The van der Waals surface area contributed by atoms with Crippen molar-refractivity contribution >= 4 is 34.2 Å². The molecule has 1 aliphatic heterocycles. The van der Waals surface area contributed by atoms with E-state index in [0.717, 1.165) is 42.8 Å². The number of hydrogen-bond acceptors (Lipinski definition) is 5. The number of halogens is 1. The Bertz CT molecular complexity index is 829. The molecule has 3 heterocycles. The molecule has 4 rings (SSSR count). The fourth-order valence-corrected chi connectivity index (χ4v) is 5.07. The Balaban J connectivity index is 1.46. The summed E-state index contributed by atoms with van der Waals surface area (Å²) >= 11 is 4.23. The van der Waals surface area contributed by atoms with Gasteiger partial charge in [0.15, 0.2) is 5.82 Å². The lowest BCUT2D eigenvalue weighted by molar-refractivity contribution is -0.00217. The van der Waals surface area contributed by atoms with Crippen molar-refractivity contribution < 1.29 is 8.76 Å². The number of aryl methyl sites for hydroxylation is 1. The number of rotatable bonds is 5. The van der Waals surface area contributed by atoms with Gasteiger partial charge >= 0.3 is 0 Å². The maximum Gasteiger partial charge on any atom is 0.249 e. The molecule has 1 unspecified atom stereocenters. The molecule has 10 heteroatoms. The lowest BCUT2D eigenvalue weighted by Gasteiger charge is -2.60. The zero-order valence-electron chi connectivity index (χ0n) is 14.1. The molecule has 25 heavy (non-hydrogen) atoms. The molecule has 2 aromatic rings. The monoisotopic (exact) mass is 384 g/mol. The van der Waals surface area contributed by atoms with Crippen LogP contribution in [0.25, 0.3) is 5.52 Å². The number of hydrazine groups is 1. The molecule has 0 amide bonds. The van der Waals surface area contributed by atoms with Crippen LogP contribution in [-0.2, 0) is 11.3 Å². The number of nitrogens with one attached hydrogen (secondary N) is 1. The summed E-state index contributed by atoms with van der Waals surface area (Å²) in [5, 5.41) is 4.80. The Morgan fingerprint density at radius 3 is 2.88 bits per heavy atom. The van der Waals surface area contributed by atoms with Gasteiger partial charge in [0.1, 0.15) is 17.0 Å². The van der Waals surface area contributed by atoms with Crippen LogP contribution in [0.15, 0.2) is 12.4 Å². The van der Waals surface area contributed by atoms with Crippen LogP contribution in [0.2, 0.25) is 5.15 Å². The molecule has 2 aliphatic rings. The van der Waals surface area contributed by atoms with Gasteiger partial charge in [0.2, 0.25) is 11.3 Å². The number of anilines is 1. The normalized spacial score (nSPS) is 20.9. The van der Waals surface area contributed by atoms with E-state index >= 15 is 0 Å². The summed E-state index contributed by atoms with van der Waals surface area (Å²) in [6.45, 7) is 6.36. The summed E-state index contributed by atoms with van der Waals surface area (Å²) in [6, 6.07) is 2.00. The minimum absolute atomic E-state index is 0.0998. The van der Waals surface area contributed by atoms with E-state index < -0.39 is 11.3 Å². The van der Waals surface area contributed by atoms with Crippen molar-refractivity contribution in [1.29, 1.82) is 0 Å². The van der Waals surface area contributed by atoms with Crippen LogP contribution in [0, 0.1) is 12.3 Å². The van der Waals surface area contributed by atoms with Crippen molar-refractivity contribution in [2.75, 3.05) is 24.5 Å². The summed E-state index contributed by atoms with van der Waals surface area (Å²) in [5.74, 6) is 0.905. The molecule has 1 spiro atoms. The molecule has 2 aromatic heterocycles. The lowest BCUT2D eigenvalue weighted by atomic mass is 9.61. The van der Waals surface area contributed by atoms with E-state index in [0.29, 0.717) is 11.7 Å². The molecule has 8 nitrogen and oxygen atoms in total. The van der Waals surface area contributed by atoms with Gasteiger partial charge in [-0.05, 0) is 31.4 Å². The van der Waals surface area contributed by atoms with Crippen LogP contribution in [0.4, 0.5) is 5.82 Å². The first-order valence-electron chi connectivity index (χ1n) is 8.31. The highest BCUT2D eigenvalue weighted by Gasteiger charge is 2.55. The molecule has 1 saturated heterocycles. The van der Waals surface area contributed by atoms with Gasteiger partial charge in [0, 0.05) is 31.1 Å². The van der Waals surface area contributed by atoms with E-state index in [9.17, 15) is 8.76 Å². The number of aromatic nitrogens is 3. The van der Waals surface area contributed by atoms with Crippen LogP contribution in [0.5, 0.6) is 0 Å². The molecular weight excluding hydrogens is 364 g/mol. The van der Waals surface area contributed by atoms with Crippen LogP contribution in [-0.4, -0.2) is 53.5 Å². The van der Waals surface area contributed by atoms with Crippen molar-refractivity contribution in [3.05, 3.63) is 23.1 Å². The van der Waals surface area contributed by atoms with E-state index in [1.54, 1.807) is 4.52 Å². The van der Waals surface area contributed by atoms with E-state index in [1.165, 1.54) is 10.7 Å². The summed E-state index contributed by atoms with van der Waals surface area (Å²) < 4.78 is 24.0. The zero-order valence-corrected chi connectivity index (χ0v) is 15.7. The molecule has 0 aromatic carbocycles. The highest BCUT2D eigenvalue weighted by atomic mass is 35.5. The maximum atomic E-state index is 11.4. The molecular formula is C15H21ClN6O2S. The van der Waals surface area contributed by atoms with Gasteiger partial charge in [-0.1, -0.05) is 18.5 Å². The van der Waals surface area contributed by atoms with Gasteiger partial charge in [-0.3, -0.25) is 4.55 Å². The molecule has 2 fully saturated rings. The molecule has 1 aliphatic carbocycles. The third-order valence-electron chi connectivity index (χ3n) is 5.19. The van der Waals surface area contributed by atoms with Crippen LogP contribution in [0.3, 0.4) is 0 Å². The standard InChI is InChI=1S/C15H21ClN6O2S/c1-3-18-22(25(23)24)11-5-15(6-11)7-20(8-15)14-13-10(2)4-12(16)21(13)19-9-17-14/h4,9,11,18H,3,5-8H2,1-2H3,(H,23,24). The predicted molar refractivity (Wildman–Crippen MR) is 96.7 cm³/mol. The molecule has 1 atom stereocenters. The lowest BCUT2D eigenvalue weighted by Crippen LogP contribution is -2.68. The van der Waals surface area contributed by atoms with E-state index in [-0.39, 0.29) is 11.5 Å². The molecule has 1 saturated carbocycles. The fourth-order valence-electron chi connectivity index (χ4n) is 4.14. The van der Waals surface area contributed by atoms with Gasteiger partial charge in [-0.2, -0.15) is 5.10 Å². The second-order valence-electron chi connectivity index (χ2n) is 6.98. The van der Waals surface area contributed by atoms with Gasteiger partial charge in [-0.15, -0.1) is 4.41 Å². The first kappa shape index (κ1) is 17.2. The Morgan fingerprint density at radius 1 is 1.52 bits per heavy atom. The van der Waals surface area contributed by atoms with Crippen molar-refractivity contribution in [2.24, 2.45) is 5.41 Å². The van der Waals surface area contributed by atoms with Gasteiger partial charge < -0.3 is 4.90 Å². The average Bonchev–Trinajstić information content (AvgIpc) is 2.78. The summed E-state index contributed by atoms with van der Waals surface area (Å²) in [4.78, 5) is 6.70. The zero-order chi connectivity index (χ0) is 17.8. The smallest absolute Gasteiger partial charge is 0.249 e. The van der Waals surface area contributed by atoms with E-state index in [1.807, 2.05) is 19.9 Å². The first-order chi connectivity index (χ1) is 11.9. The topological polar surface area (TPSA) is 86.0 Å². The van der Waals surface area contributed by atoms with Crippen LogP contribution >= 0.6 is 11.6 Å². The van der Waals surface area contributed by atoms with E-state index in [2.05, 4.69) is 20.4 Å². The van der Waals surface area contributed by atoms with Gasteiger partial charge in [0.05, 0.1) is 0 Å². The summed E-state index contributed by atoms with van der Waals surface area (Å²) in [5.41, 5.74) is 5.20. The highest BCUT2D eigenvalue weighted by Crippen LogP contribution is 2.51. The van der Waals surface area contributed by atoms with Crippen molar-refractivity contribution in [2.45, 2.75) is 32.7 Å². The molecule has 136 valence electrons. The minimum Gasteiger partial charge on any atom is -0.354 e. The molecule has 0 radical (unpaired) electrons. The maximum absolute atomic E-state index is 11.4. The van der Waals surface area contributed by atoms with Crippen molar-refractivity contribution in [3.63, 3.8) is 0 Å². The fraction of sp³-hybridized carbons (Fsp3) is 0.600. The first-order valence-corrected chi connectivity index (χ1v) is 9.76. The summed E-state index contributed by atoms with van der Waals surface area (Å²) in [6.07, 6.45) is 3.35. The Morgan fingerprint density at radius 2 is 2.24 bits per heavy atom. The number of hydrogen-bond donors (Lipinski definition) is 2. The van der Waals surface area contributed by atoms with Crippen molar-refractivity contribution in [3.8, 4) is 0 Å². The SMILES string of the molecule is CCNN(C1CC2(C1)CN(c1ncnn3c(Cl)cc(C)c13)C2)S(=O)O. The number of nitrogens with zero attached hydrogens (tertiary/aromatic N) is 5. The quantitative estimate of drug-likeness (QED) is 0.602. The largest absolute Gasteiger partial charge is 0.354 e. The Labute approximate surface area is 153 Å². The van der Waals surface area contributed by atoms with Crippen molar-refractivity contribution in [1.82, 2.24) is 24.4 Å². The summed E-state index contributed by atoms with van der Waals surface area (Å²) in [7, 11) is 0. The third kappa shape index (κ3) is 2.74. The van der Waals surface area contributed by atoms with Gasteiger partial charge in [-0.25, -0.2) is 19.1 Å². The van der Waals surface area contributed by atoms with Gasteiger partial charge in [0.25, 0.3) is 0 Å². The number of fused-ring (bicyclic) bond motifs is 1.